The highest BCUT2D eigenvalue weighted by Gasteiger charge is 2.41. The predicted molar refractivity (Wildman–Crippen MR) is 71.9 cm³/mol. The van der Waals surface area contributed by atoms with Gasteiger partial charge in [0.15, 0.2) is 0 Å². The summed E-state index contributed by atoms with van der Waals surface area (Å²) in [5, 5.41) is 7.30. The van der Waals surface area contributed by atoms with Gasteiger partial charge < -0.3 is 5.32 Å². The summed E-state index contributed by atoms with van der Waals surface area (Å²) < 4.78 is 1.69. The standard InChI is InChI=1S/C13H20ClN3O/c1-3-11-10(8-17(2)16-11)12(18)15-9-13(4-5-13)6-7-14/h8H,3-7,9H2,1-2H3,(H,15,18). The number of carbonyl (C=O) groups is 1. The molecule has 0 atom stereocenters. The fourth-order valence-corrected chi connectivity index (χ4v) is 2.64. The largest absolute Gasteiger partial charge is 0.351 e. The molecule has 1 N–H and O–H groups in total. The maximum absolute atomic E-state index is 12.1. The van der Waals surface area contributed by atoms with Crippen LogP contribution in [0.2, 0.25) is 0 Å². The lowest BCUT2D eigenvalue weighted by Gasteiger charge is -2.14. The number of aryl methyl sites for hydroxylation is 2. The van der Waals surface area contributed by atoms with Crippen LogP contribution < -0.4 is 5.32 Å². The molecule has 0 unspecified atom stereocenters. The van der Waals surface area contributed by atoms with Crippen LogP contribution in [-0.2, 0) is 13.5 Å². The lowest BCUT2D eigenvalue weighted by atomic mass is 10.0. The summed E-state index contributed by atoms with van der Waals surface area (Å²) in [5.41, 5.74) is 1.82. The van der Waals surface area contributed by atoms with E-state index in [1.807, 2.05) is 14.0 Å². The number of hydrogen-bond acceptors (Lipinski definition) is 2. The van der Waals surface area contributed by atoms with Crippen LogP contribution in [0.5, 0.6) is 0 Å². The van der Waals surface area contributed by atoms with Gasteiger partial charge in [0.1, 0.15) is 0 Å². The molecule has 1 amide bonds. The molecule has 18 heavy (non-hydrogen) atoms. The van der Waals surface area contributed by atoms with Crippen molar-refractivity contribution in [3.63, 3.8) is 0 Å². The fourth-order valence-electron chi connectivity index (χ4n) is 2.24. The molecule has 5 heteroatoms. The molecule has 0 spiro atoms. The van der Waals surface area contributed by atoms with Crippen LogP contribution in [0.4, 0.5) is 0 Å². The van der Waals surface area contributed by atoms with Gasteiger partial charge >= 0.3 is 0 Å². The first-order valence-corrected chi connectivity index (χ1v) is 7.00. The Balaban J connectivity index is 1.95. The first kappa shape index (κ1) is 13.4. The molecule has 1 aromatic heterocycles. The minimum absolute atomic E-state index is 0.0132. The van der Waals surface area contributed by atoms with E-state index in [-0.39, 0.29) is 11.3 Å². The van der Waals surface area contributed by atoms with Gasteiger partial charge in [0.05, 0.1) is 11.3 Å². The van der Waals surface area contributed by atoms with E-state index in [9.17, 15) is 4.79 Å². The third-order valence-electron chi connectivity index (χ3n) is 3.69. The van der Waals surface area contributed by atoms with Crippen LogP contribution in [0, 0.1) is 5.41 Å². The Morgan fingerprint density at radius 3 is 2.89 bits per heavy atom. The number of alkyl halides is 1. The number of halogens is 1. The monoisotopic (exact) mass is 269 g/mol. The van der Waals surface area contributed by atoms with Crippen molar-refractivity contribution in [2.75, 3.05) is 12.4 Å². The molecule has 1 aliphatic rings. The van der Waals surface area contributed by atoms with Gasteiger partial charge in [0.25, 0.3) is 5.91 Å². The lowest BCUT2D eigenvalue weighted by Crippen LogP contribution is -2.30. The zero-order chi connectivity index (χ0) is 13.2. The van der Waals surface area contributed by atoms with Crippen LogP contribution in [0.3, 0.4) is 0 Å². The van der Waals surface area contributed by atoms with Crippen LogP contribution in [-0.4, -0.2) is 28.1 Å². The van der Waals surface area contributed by atoms with Crippen LogP contribution in [0.25, 0.3) is 0 Å². The van der Waals surface area contributed by atoms with Gasteiger partial charge in [-0.1, -0.05) is 6.92 Å². The predicted octanol–water partition coefficient (Wildman–Crippen LogP) is 2.12. The first-order chi connectivity index (χ1) is 8.60. The van der Waals surface area contributed by atoms with Crippen molar-refractivity contribution in [1.29, 1.82) is 0 Å². The summed E-state index contributed by atoms with van der Waals surface area (Å²) in [4.78, 5) is 12.1. The van der Waals surface area contributed by atoms with Crippen LogP contribution in [0.1, 0.15) is 42.2 Å². The average Bonchev–Trinajstić information content (AvgIpc) is 3.01. The van der Waals surface area contributed by atoms with E-state index in [1.165, 1.54) is 12.8 Å². The molecule has 2 rings (SSSR count). The SMILES string of the molecule is CCc1nn(C)cc1C(=O)NCC1(CCCl)CC1. The number of aromatic nitrogens is 2. The van der Waals surface area contributed by atoms with Gasteiger partial charge in [-0.2, -0.15) is 5.10 Å². The van der Waals surface area contributed by atoms with Crippen LogP contribution in [0.15, 0.2) is 6.20 Å². The van der Waals surface area contributed by atoms with Crippen molar-refractivity contribution in [2.45, 2.75) is 32.6 Å². The lowest BCUT2D eigenvalue weighted by molar-refractivity contribution is 0.0943. The van der Waals surface area contributed by atoms with Gasteiger partial charge in [0, 0.05) is 25.7 Å². The summed E-state index contributed by atoms with van der Waals surface area (Å²) in [6.07, 6.45) is 5.90. The molecule has 1 fully saturated rings. The molecular formula is C13H20ClN3O. The quantitative estimate of drug-likeness (QED) is 0.804. The minimum Gasteiger partial charge on any atom is -0.351 e. The molecule has 0 saturated heterocycles. The van der Waals surface area contributed by atoms with Crippen molar-refractivity contribution in [2.24, 2.45) is 12.5 Å². The molecule has 0 aromatic carbocycles. The van der Waals surface area contributed by atoms with E-state index in [0.29, 0.717) is 11.4 Å². The topological polar surface area (TPSA) is 46.9 Å². The first-order valence-electron chi connectivity index (χ1n) is 6.47. The third-order valence-corrected chi connectivity index (χ3v) is 3.88. The molecule has 1 heterocycles. The molecular weight excluding hydrogens is 250 g/mol. The average molecular weight is 270 g/mol. The maximum Gasteiger partial charge on any atom is 0.254 e. The fraction of sp³-hybridized carbons (Fsp3) is 0.692. The Morgan fingerprint density at radius 1 is 1.61 bits per heavy atom. The van der Waals surface area contributed by atoms with Crippen molar-refractivity contribution < 1.29 is 4.79 Å². The minimum atomic E-state index is -0.0132. The van der Waals surface area contributed by atoms with E-state index in [2.05, 4.69) is 10.4 Å². The van der Waals surface area contributed by atoms with Crippen molar-refractivity contribution in [3.05, 3.63) is 17.5 Å². The Labute approximate surface area is 113 Å². The highest BCUT2D eigenvalue weighted by atomic mass is 35.5. The molecule has 4 nitrogen and oxygen atoms in total. The Morgan fingerprint density at radius 2 is 2.33 bits per heavy atom. The number of rotatable bonds is 6. The van der Waals surface area contributed by atoms with E-state index in [0.717, 1.165) is 25.1 Å². The smallest absolute Gasteiger partial charge is 0.254 e. The molecule has 1 aromatic rings. The number of amides is 1. The zero-order valence-electron chi connectivity index (χ0n) is 11.0. The Kier molecular flexibility index (Phi) is 3.95. The molecule has 0 bridgehead atoms. The van der Waals surface area contributed by atoms with E-state index in [4.69, 9.17) is 11.6 Å². The summed E-state index contributed by atoms with van der Waals surface area (Å²) in [7, 11) is 1.84. The van der Waals surface area contributed by atoms with E-state index < -0.39 is 0 Å². The van der Waals surface area contributed by atoms with Gasteiger partial charge in [-0.3, -0.25) is 9.48 Å². The molecule has 0 radical (unpaired) electrons. The number of hydrogen-bond donors (Lipinski definition) is 1. The highest BCUT2D eigenvalue weighted by molar-refractivity contribution is 6.17. The second-order valence-corrected chi connectivity index (χ2v) is 5.52. The molecule has 0 aliphatic heterocycles. The van der Waals surface area contributed by atoms with Gasteiger partial charge in [-0.15, -0.1) is 11.6 Å². The van der Waals surface area contributed by atoms with Gasteiger partial charge in [-0.05, 0) is 31.1 Å². The Bertz CT molecular complexity index is 437. The normalized spacial score (nSPS) is 16.6. The summed E-state index contributed by atoms with van der Waals surface area (Å²) in [6, 6.07) is 0. The summed E-state index contributed by atoms with van der Waals surface area (Å²) >= 11 is 5.78. The number of nitrogens with zero attached hydrogens (tertiary/aromatic N) is 2. The second kappa shape index (κ2) is 5.31. The second-order valence-electron chi connectivity index (χ2n) is 5.14. The summed E-state index contributed by atoms with van der Waals surface area (Å²) in [5.74, 6) is 0.656. The van der Waals surface area contributed by atoms with Crippen molar-refractivity contribution in [3.8, 4) is 0 Å². The number of nitrogens with one attached hydrogen (secondary N) is 1. The number of carbonyl (C=O) groups excluding carboxylic acids is 1. The molecule has 100 valence electrons. The van der Waals surface area contributed by atoms with Crippen LogP contribution >= 0.6 is 11.6 Å². The third kappa shape index (κ3) is 2.86. The molecule has 1 aliphatic carbocycles. The van der Waals surface area contributed by atoms with Crippen molar-refractivity contribution >= 4 is 17.5 Å². The maximum atomic E-state index is 12.1. The van der Waals surface area contributed by atoms with E-state index in [1.54, 1.807) is 10.9 Å². The van der Waals surface area contributed by atoms with Gasteiger partial charge in [-0.25, -0.2) is 0 Å². The zero-order valence-corrected chi connectivity index (χ0v) is 11.8. The highest BCUT2D eigenvalue weighted by Crippen LogP contribution is 2.48. The van der Waals surface area contributed by atoms with Gasteiger partial charge in [0.2, 0.25) is 0 Å². The molecule has 1 saturated carbocycles. The Hall–Kier alpha value is -1.03. The summed E-state index contributed by atoms with van der Waals surface area (Å²) in [6.45, 7) is 2.74. The van der Waals surface area contributed by atoms with Crippen molar-refractivity contribution in [1.82, 2.24) is 15.1 Å². The van der Waals surface area contributed by atoms with E-state index >= 15 is 0 Å².